The standard InChI is InChI=1S/C19H28N4O2/c1-4-16-6-5-7-17(12-16)22(15-20)13-18(24)21-14-19(2,3)23-8-10-25-11-9-23/h5-7,12H,4,8-11,13-14H2,1-3H3,(H,21,24). The van der Waals surface area contributed by atoms with Crippen LogP contribution < -0.4 is 10.2 Å². The van der Waals surface area contributed by atoms with E-state index in [4.69, 9.17) is 4.74 Å². The van der Waals surface area contributed by atoms with Gasteiger partial charge in [0.2, 0.25) is 5.91 Å². The number of carbonyl (C=O) groups is 1. The molecule has 1 aromatic carbocycles. The molecule has 0 atom stereocenters. The molecule has 6 nitrogen and oxygen atoms in total. The topological polar surface area (TPSA) is 68.6 Å². The Morgan fingerprint density at radius 1 is 1.40 bits per heavy atom. The first-order valence-corrected chi connectivity index (χ1v) is 8.82. The van der Waals surface area contributed by atoms with Crippen LogP contribution in [0.4, 0.5) is 5.69 Å². The van der Waals surface area contributed by atoms with E-state index >= 15 is 0 Å². The summed E-state index contributed by atoms with van der Waals surface area (Å²) in [5.41, 5.74) is 1.76. The van der Waals surface area contributed by atoms with E-state index in [0.717, 1.165) is 44.0 Å². The molecule has 1 saturated heterocycles. The maximum absolute atomic E-state index is 12.3. The quantitative estimate of drug-likeness (QED) is 0.603. The van der Waals surface area contributed by atoms with Crippen molar-refractivity contribution in [1.29, 1.82) is 5.26 Å². The molecule has 1 amide bonds. The van der Waals surface area contributed by atoms with Crippen LogP contribution >= 0.6 is 0 Å². The van der Waals surface area contributed by atoms with E-state index in [-0.39, 0.29) is 18.0 Å². The van der Waals surface area contributed by atoms with Crippen molar-refractivity contribution < 1.29 is 9.53 Å². The number of benzene rings is 1. The lowest BCUT2D eigenvalue weighted by Crippen LogP contribution is -2.56. The van der Waals surface area contributed by atoms with Crippen LogP contribution in [-0.2, 0) is 16.0 Å². The van der Waals surface area contributed by atoms with Gasteiger partial charge in [0.25, 0.3) is 0 Å². The summed E-state index contributed by atoms with van der Waals surface area (Å²) in [6.45, 7) is 10.1. The van der Waals surface area contributed by atoms with Gasteiger partial charge < -0.3 is 10.1 Å². The van der Waals surface area contributed by atoms with E-state index in [2.05, 4.69) is 37.2 Å². The molecule has 136 valence electrons. The number of hydrogen-bond acceptors (Lipinski definition) is 5. The minimum atomic E-state index is -0.148. The van der Waals surface area contributed by atoms with Crippen LogP contribution in [0.15, 0.2) is 24.3 Å². The first-order chi connectivity index (χ1) is 12.0. The number of nitrogens with one attached hydrogen (secondary N) is 1. The van der Waals surface area contributed by atoms with Gasteiger partial charge in [-0.05, 0) is 38.0 Å². The molecule has 1 aromatic rings. The largest absolute Gasteiger partial charge is 0.379 e. The van der Waals surface area contributed by atoms with Crippen molar-refractivity contribution in [3.05, 3.63) is 29.8 Å². The highest BCUT2D eigenvalue weighted by molar-refractivity contribution is 5.82. The van der Waals surface area contributed by atoms with Gasteiger partial charge in [-0.1, -0.05) is 19.1 Å². The van der Waals surface area contributed by atoms with Gasteiger partial charge in [-0.25, -0.2) is 0 Å². The molecule has 0 radical (unpaired) electrons. The lowest BCUT2D eigenvalue weighted by Gasteiger charge is -2.40. The Balaban J connectivity index is 1.90. The second-order valence-electron chi connectivity index (χ2n) is 6.90. The zero-order chi connectivity index (χ0) is 18.3. The van der Waals surface area contributed by atoms with Crippen LogP contribution in [0.25, 0.3) is 0 Å². The number of rotatable bonds is 7. The molecular formula is C19H28N4O2. The van der Waals surface area contributed by atoms with Crippen molar-refractivity contribution in [2.24, 2.45) is 0 Å². The van der Waals surface area contributed by atoms with Gasteiger partial charge in [0.05, 0.1) is 18.9 Å². The Bertz CT molecular complexity index is 618. The molecule has 0 spiro atoms. The molecule has 6 heteroatoms. The maximum atomic E-state index is 12.3. The smallest absolute Gasteiger partial charge is 0.240 e. The molecule has 1 aliphatic heterocycles. The monoisotopic (exact) mass is 344 g/mol. The van der Waals surface area contributed by atoms with Crippen LogP contribution in [0.3, 0.4) is 0 Å². The number of morpholine rings is 1. The maximum Gasteiger partial charge on any atom is 0.240 e. The number of aryl methyl sites for hydroxylation is 1. The molecule has 0 bridgehead atoms. The zero-order valence-electron chi connectivity index (χ0n) is 15.4. The van der Waals surface area contributed by atoms with E-state index in [0.29, 0.717) is 6.54 Å². The highest BCUT2D eigenvalue weighted by Crippen LogP contribution is 2.17. The summed E-state index contributed by atoms with van der Waals surface area (Å²) in [6.07, 6.45) is 3.00. The summed E-state index contributed by atoms with van der Waals surface area (Å²) in [7, 11) is 0. The molecular weight excluding hydrogens is 316 g/mol. The van der Waals surface area contributed by atoms with E-state index in [1.54, 1.807) is 0 Å². The highest BCUT2D eigenvalue weighted by atomic mass is 16.5. The zero-order valence-corrected chi connectivity index (χ0v) is 15.4. The minimum Gasteiger partial charge on any atom is -0.379 e. The van der Waals surface area contributed by atoms with Gasteiger partial charge >= 0.3 is 0 Å². The second-order valence-corrected chi connectivity index (χ2v) is 6.90. The molecule has 0 aliphatic carbocycles. The van der Waals surface area contributed by atoms with Crippen LogP contribution in [0.2, 0.25) is 0 Å². The molecule has 2 rings (SSSR count). The Kier molecular flexibility index (Phi) is 6.80. The van der Waals surface area contributed by atoms with Gasteiger partial charge in [0, 0.05) is 25.2 Å². The average molecular weight is 344 g/mol. The fraction of sp³-hybridized carbons (Fsp3) is 0.579. The van der Waals surface area contributed by atoms with E-state index in [1.165, 1.54) is 4.90 Å². The summed E-state index contributed by atoms with van der Waals surface area (Å²) in [5, 5.41) is 12.4. The lowest BCUT2D eigenvalue weighted by atomic mass is 10.0. The summed E-state index contributed by atoms with van der Waals surface area (Å²) < 4.78 is 5.38. The first-order valence-electron chi connectivity index (χ1n) is 8.82. The lowest BCUT2D eigenvalue weighted by molar-refractivity contribution is -0.120. The third-order valence-corrected chi connectivity index (χ3v) is 4.64. The number of carbonyl (C=O) groups excluding carboxylic acids is 1. The van der Waals surface area contributed by atoms with Crippen LogP contribution in [0.1, 0.15) is 26.3 Å². The average Bonchev–Trinajstić information content (AvgIpc) is 2.65. The summed E-state index contributed by atoms with van der Waals surface area (Å²) in [6, 6.07) is 7.74. The minimum absolute atomic E-state index is 0.0306. The predicted molar refractivity (Wildman–Crippen MR) is 98.3 cm³/mol. The Morgan fingerprint density at radius 3 is 2.76 bits per heavy atom. The van der Waals surface area contributed by atoms with Crippen LogP contribution in [0.5, 0.6) is 0 Å². The van der Waals surface area contributed by atoms with Crippen LogP contribution in [0, 0.1) is 11.5 Å². The van der Waals surface area contributed by atoms with E-state index < -0.39 is 0 Å². The van der Waals surface area contributed by atoms with Gasteiger partial charge in [-0.3, -0.25) is 14.6 Å². The van der Waals surface area contributed by atoms with E-state index in [1.807, 2.05) is 24.3 Å². The molecule has 1 heterocycles. The van der Waals surface area contributed by atoms with Crippen molar-refractivity contribution >= 4 is 11.6 Å². The molecule has 0 saturated carbocycles. The number of ether oxygens (including phenoxy) is 1. The molecule has 1 aliphatic rings. The summed E-state index contributed by atoms with van der Waals surface area (Å²) in [5.74, 6) is -0.148. The highest BCUT2D eigenvalue weighted by Gasteiger charge is 2.28. The molecule has 0 unspecified atom stereocenters. The number of hydrogen-bond donors (Lipinski definition) is 1. The Morgan fingerprint density at radius 2 is 2.12 bits per heavy atom. The van der Waals surface area contributed by atoms with Crippen molar-refractivity contribution in [2.75, 3.05) is 44.3 Å². The third-order valence-electron chi connectivity index (χ3n) is 4.64. The SMILES string of the molecule is CCc1cccc(N(C#N)CC(=O)NCC(C)(C)N2CCOCC2)c1. The molecule has 25 heavy (non-hydrogen) atoms. The predicted octanol–water partition coefficient (Wildman–Crippen LogP) is 1.76. The number of anilines is 1. The number of nitrogens with zero attached hydrogens (tertiary/aromatic N) is 3. The van der Waals surface area contributed by atoms with Gasteiger partial charge in [0.15, 0.2) is 6.19 Å². The number of amides is 1. The van der Waals surface area contributed by atoms with Gasteiger partial charge in [0.1, 0.15) is 6.54 Å². The van der Waals surface area contributed by atoms with Crippen molar-refractivity contribution in [2.45, 2.75) is 32.7 Å². The van der Waals surface area contributed by atoms with Gasteiger partial charge in [-0.15, -0.1) is 0 Å². The molecule has 1 N–H and O–H groups in total. The summed E-state index contributed by atoms with van der Waals surface area (Å²) >= 11 is 0. The molecule has 0 aromatic heterocycles. The van der Waals surface area contributed by atoms with Crippen LogP contribution in [-0.4, -0.2) is 55.7 Å². The first kappa shape index (κ1) is 19.2. The van der Waals surface area contributed by atoms with Crippen molar-refractivity contribution in [1.82, 2.24) is 10.2 Å². The third kappa shape index (κ3) is 5.45. The number of nitriles is 1. The second kappa shape index (κ2) is 8.84. The van der Waals surface area contributed by atoms with Crippen molar-refractivity contribution in [3.8, 4) is 6.19 Å². The normalized spacial score (nSPS) is 15.4. The van der Waals surface area contributed by atoms with E-state index in [9.17, 15) is 10.1 Å². The molecule has 1 fully saturated rings. The fourth-order valence-electron chi connectivity index (χ4n) is 2.92. The Labute approximate surface area is 150 Å². The van der Waals surface area contributed by atoms with Crippen molar-refractivity contribution in [3.63, 3.8) is 0 Å². The van der Waals surface area contributed by atoms with Gasteiger partial charge in [-0.2, -0.15) is 5.26 Å². The summed E-state index contributed by atoms with van der Waals surface area (Å²) in [4.78, 5) is 16.1. The fourth-order valence-corrected chi connectivity index (χ4v) is 2.92. The Hall–Kier alpha value is -2.10.